The molecule has 1 aromatic heterocycles. The van der Waals surface area contributed by atoms with Gasteiger partial charge in [-0.15, -0.1) is 11.3 Å². The number of carboxylic acids is 1. The quantitative estimate of drug-likeness (QED) is 0.822. The fraction of sp³-hybridized carbons (Fsp3) is 0.333. The molecule has 15 heavy (non-hydrogen) atoms. The lowest BCUT2D eigenvalue weighted by Gasteiger charge is -2.12. The van der Waals surface area contributed by atoms with Crippen LogP contribution in [-0.4, -0.2) is 29.0 Å². The number of carboxylic acid groups (broad SMARTS) is 1. The van der Waals surface area contributed by atoms with Gasteiger partial charge in [0.05, 0.1) is 5.75 Å². The molecule has 6 heteroatoms. The lowest BCUT2D eigenvalue weighted by molar-refractivity contribution is -0.141. The first kappa shape index (κ1) is 12.1. The van der Waals surface area contributed by atoms with E-state index >= 15 is 0 Å². The Morgan fingerprint density at radius 2 is 2.40 bits per heavy atom. The lowest BCUT2D eigenvalue weighted by Crippen LogP contribution is -2.34. The molecule has 1 amide bonds. The van der Waals surface area contributed by atoms with Crippen LogP contribution in [0, 0.1) is 0 Å². The maximum atomic E-state index is 11.3. The summed E-state index contributed by atoms with van der Waals surface area (Å²) in [5.41, 5.74) is 0. The van der Waals surface area contributed by atoms with Gasteiger partial charge < -0.3 is 10.4 Å². The summed E-state index contributed by atoms with van der Waals surface area (Å²) >= 11 is 2.68. The van der Waals surface area contributed by atoms with Gasteiger partial charge in [-0.05, 0) is 17.7 Å². The number of nitrogens with one attached hydrogen (secondary N) is 1. The fourth-order valence-electron chi connectivity index (χ4n) is 1.04. The molecule has 4 nitrogen and oxygen atoms in total. The van der Waals surface area contributed by atoms with Crippen LogP contribution in [0.15, 0.2) is 17.5 Å². The van der Waals surface area contributed by atoms with Gasteiger partial charge in [0.2, 0.25) is 5.91 Å². The molecule has 0 fully saturated rings. The Morgan fingerprint density at radius 3 is 2.87 bits per heavy atom. The molecule has 1 aromatic rings. The van der Waals surface area contributed by atoms with Gasteiger partial charge in [0, 0.05) is 4.88 Å². The van der Waals surface area contributed by atoms with Crippen molar-refractivity contribution in [2.75, 3.05) is 12.0 Å². The van der Waals surface area contributed by atoms with Gasteiger partial charge in [0.1, 0.15) is 0 Å². The summed E-state index contributed by atoms with van der Waals surface area (Å²) in [5, 5.41) is 13.2. The van der Waals surface area contributed by atoms with Crippen molar-refractivity contribution >= 4 is 35.0 Å². The zero-order valence-corrected chi connectivity index (χ0v) is 9.73. The number of amides is 1. The van der Waals surface area contributed by atoms with Crippen molar-refractivity contribution in [2.45, 2.75) is 6.04 Å². The second kappa shape index (κ2) is 5.77. The maximum Gasteiger partial charge on any atom is 0.331 e. The van der Waals surface area contributed by atoms with Crippen LogP contribution in [-0.2, 0) is 9.59 Å². The van der Waals surface area contributed by atoms with Gasteiger partial charge >= 0.3 is 5.97 Å². The molecule has 1 atom stereocenters. The Kier molecular flexibility index (Phi) is 4.64. The van der Waals surface area contributed by atoms with E-state index < -0.39 is 12.0 Å². The third-order valence-corrected chi connectivity index (χ3v) is 3.14. The van der Waals surface area contributed by atoms with Crippen molar-refractivity contribution in [1.82, 2.24) is 5.32 Å². The Bertz CT molecular complexity index is 337. The van der Waals surface area contributed by atoms with Crippen LogP contribution in [0.4, 0.5) is 0 Å². The molecule has 0 aliphatic carbocycles. The molecule has 1 unspecified atom stereocenters. The SMILES string of the molecule is CSCC(=O)NC(C(=O)O)c1cccs1. The number of aliphatic carboxylic acids is 1. The zero-order chi connectivity index (χ0) is 11.3. The second-order valence-corrected chi connectivity index (χ2v) is 4.63. The van der Waals surface area contributed by atoms with Crippen LogP contribution in [0.3, 0.4) is 0 Å². The topological polar surface area (TPSA) is 66.4 Å². The third kappa shape index (κ3) is 3.56. The van der Waals surface area contributed by atoms with Crippen LogP contribution < -0.4 is 5.32 Å². The molecule has 0 aromatic carbocycles. The summed E-state index contributed by atoms with van der Waals surface area (Å²) in [7, 11) is 0. The minimum atomic E-state index is -1.04. The van der Waals surface area contributed by atoms with Crippen LogP contribution in [0.2, 0.25) is 0 Å². The molecule has 0 bridgehead atoms. The lowest BCUT2D eigenvalue weighted by atomic mass is 10.2. The number of carbonyl (C=O) groups is 2. The summed E-state index contributed by atoms with van der Waals surface area (Å²) in [6.45, 7) is 0. The third-order valence-electron chi connectivity index (χ3n) is 1.66. The van der Waals surface area contributed by atoms with Crippen molar-refractivity contribution < 1.29 is 14.7 Å². The molecule has 1 rings (SSSR count). The van der Waals surface area contributed by atoms with Crippen molar-refractivity contribution in [2.24, 2.45) is 0 Å². The summed E-state index contributed by atoms with van der Waals surface area (Å²) in [5.74, 6) is -1.02. The number of hydrogen-bond donors (Lipinski definition) is 2. The first-order valence-electron chi connectivity index (χ1n) is 4.19. The average Bonchev–Trinajstić information content (AvgIpc) is 2.66. The highest BCUT2D eigenvalue weighted by atomic mass is 32.2. The first-order valence-corrected chi connectivity index (χ1v) is 6.47. The standard InChI is InChI=1S/C9H11NO3S2/c1-14-5-7(11)10-8(9(12)13)6-3-2-4-15-6/h2-4,8H,5H2,1H3,(H,10,11)(H,12,13). The zero-order valence-electron chi connectivity index (χ0n) is 8.10. The van der Waals surface area contributed by atoms with E-state index in [1.54, 1.807) is 23.8 Å². The van der Waals surface area contributed by atoms with E-state index in [0.29, 0.717) is 4.88 Å². The van der Waals surface area contributed by atoms with Gasteiger partial charge in [-0.25, -0.2) is 4.79 Å². The molecule has 0 saturated carbocycles. The Morgan fingerprint density at radius 1 is 1.67 bits per heavy atom. The fourth-order valence-corrected chi connectivity index (χ4v) is 2.16. The highest BCUT2D eigenvalue weighted by molar-refractivity contribution is 7.99. The normalized spacial score (nSPS) is 12.1. The van der Waals surface area contributed by atoms with E-state index in [-0.39, 0.29) is 11.7 Å². The summed E-state index contributed by atoms with van der Waals surface area (Å²) in [6, 6.07) is 2.53. The Balaban J connectivity index is 2.68. The Hall–Kier alpha value is -1.01. The van der Waals surface area contributed by atoms with E-state index in [2.05, 4.69) is 5.32 Å². The van der Waals surface area contributed by atoms with Crippen molar-refractivity contribution in [1.29, 1.82) is 0 Å². The molecular weight excluding hydrogens is 234 g/mol. The summed E-state index contributed by atoms with van der Waals surface area (Å²) in [6.07, 6.45) is 1.79. The number of thioether (sulfide) groups is 1. The molecule has 0 saturated heterocycles. The van der Waals surface area contributed by atoms with Gasteiger partial charge in [0.15, 0.2) is 6.04 Å². The van der Waals surface area contributed by atoms with Gasteiger partial charge in [-0.1, -0.05) is 6.07 Å². The molecule has 82 valence electrons. The second-order valence-electron chi connectivity index (χ2n) is 2.79. The van der Waals surface area contributed by atoms with Gasteiger partial charge in [-0.3, -0.25) is 4.79 Å². The average molecular weight is 245 g/mol. The van der Waals surface area contributed by atoms with Crippen molar-refractivity contribution in [3.63, 3.8) is 0 Å². The summed E-state index contributed by atoms with van der Waals surface area (Å²) in [4.78, 5) is 22.8. The van der Waals surface area contributed by atoms with Crippen LogP contribution >= 0.6 is 23.1 Å². The number of hydrogen-bond acceptors (Lipinski definition) is 4. The smallest absolute Gasteiger partial charge is 0.331 e. The molecule has 2 N–H and O–H groups in total. The highest BCUT2D eigenvalue weighted by Gasteiger charge is 2.22. The van der Waals surface area contributed by atoms with Gasteiger partial charge in [0.25, 0.3) is 0 Å². The molecule has 1 heterocycles. The minimum absolute atomic E-state index is 0.261. The van der Waals surface area contributed by atoms with E-state index in [1.165, 1.54) is 23.1 Å². The maximum absolute atomic E-state index is 11.3. The monoisotopic (exact) mass is 245 g/mol. The van der Waals surface area contributed by atoms with E-state index in [4.69, 9.17) is 5.11 Å². The van der Waals surface area contributed by atoms with Crippen LogP contribution in [0.25, 0.3) is 0 Å². The first-order chi connectivity index (χ1) is 7.15. The number of rotatable bonds is 5. The summed E-state index contributed by atoms with van der Waals surface area (Å²) < 4.78 is 0. The largest absolute Gasteiger partial charge is 0.479 e. The minimum Gasteiger partial charge on any atom is -0.479 e. The Labute approximate surface area is 95.7 Å². The molecule has 0 aliphatic heterocycles. The molecule has 0 aliphatic rings. The van der Waals surface area contributed by atoms with E-state index in [9.17, 15) is 9.59 Å². The van der Waals surface area contributed by atoms with Crippen molar-refractivity contribution in [3.05, 3.63) is 22.4 Å². The van der Waals surface area contributed by atoms with Crippen molar-refractivity contribution in [3.8, 4) is 0 Å². The highest BCUT2D eigenvalue weighted by Crippen LogP contribution is 2.19. The van der Waals surface area contributed by atoms with Gasteiger partial charge in [-0.2, -0.15) is 11.8 Å². The van der Waals surface area contributed by atoms with Crippen LogP contribution in [0.1, 0.15) is 10.9 Å². The molecule has 0 spiro atoms. The predicted molar refractivity (Wildman–Crippen MR) is 61.2 cm³/mol. The van der Waals surface area contributed by atoms with E-state index in [0.717, 1.165) is 0 Å². The predicted octanol–water partition coefficient (Wildman–Crippen LogP) is 1.35. The molecular formula is C9H11NO3S2. The van der Waals surface area contributed by atoms with Crippen LogP contribution in [0.5, 0.6) is 0 Å². The van der Waals surface area contributed by atoms with E-state index in [1.807, 2.05) is 0 Å². The number of carbonyl (C=O) groups excluding carboxylic acids is 1. The number of thiophene rings is 1. The molecule has 0 radical (unpaired) electrons.